The number of amides is 2. The van der Waals surface area contributed by atoms with Gasteiger partial charge in [-0.25, -0.2) is 4.98 Å². The van der Waals surface area contributed by atoms with Crippen molar-refractivity contribution in [3.05, 3.63) is 35.8 Å². The summed E-state index contributed by atoms with van der Waals surface area (Å²) in [5.74, 6) is 2.54. The lowest BCUT2D eigenvalue weighted by molar-refractivity contribution is -0.121. The van der Waals surface area contributed by atoms with Crippen molar-refractivity contribution in [3.8, 4) is 0 Å². The first-order chi connectivity index (χ1) is 15.4. The van der Waals surface area contributed by atoms with Crippen molar-refractivity contribution < 1.29 is 9.59 Å². The van der Waals surface area contributed by atoms with Crippen molar-refractivity contribution in [2.75, 3.05) is 6.54 Å². The first-order valence-corrected chi connectivity index (χ1v) is 12.5. The fourth-order valence-corrected chi connectivity index (χ4v) is 6.82. The molecule has 0 radical (unpaired) electrons. The second kappa shape index (κ2) is 8.53. The second-order valence-electron chi connectivity index (χ2n) is 10.8. The fourth-order valence-electron chi connectivity index (χ4n) is 6.82. The number of pyridine rings is 1. The van der Waals surface area contributed by atoms with E-state index in [0.717, 1.165) is 30.7 Å². The standard InChI is InChI=1S/C26H36N4O2/c1-3-17(2)28-24(31)11-21-15-30-22(8-5-9-23(30)29-21)25(32)27-16-26-12-18-6-4-7-19(13-26)20(10-18)14-26/h5,8-9,15,17-20H,3-4,6-7,10-14,16H2,1-2H3,(H,27,32)(H,28,31). The van der Waals surface area contributed by atoms with E-state index in [9.17, 15) is 9.59 Å². The van der Waals surface area contributed by atoms with E-state index in [1.54, 1.807) is 0 Å². The summed E-state index contributed by atoms with van der Waals surface area (Å²) in [6.07, 6.45) is 12.4. The molecular formula is C26H36N4O2. The molecule has 3 bridgehead atoms. The van der Waals surface area contributed by atoms with Gasteiger partial charge in [-0.2, -0.15) is 0 Å². The van der Waals surface area contributed by atoms with Gasteiger partial charge >= 0.3 is 0 Å². The Hall–Kier alpha value is -2.37. The predicted octanol–water partition coefficient (Wildman–Crippen LogP) is 4.13. The maximum atomic E-state index is 13.2. The van der Waals surface area contributed by atoms with Gasteiger partial charge in [-0.3, -0.25) is 14.0 Å². The lowest BCUT2D eigenvalue weighted by atomic mass is 9.69. The largest absolute Gasteiger partial charge is 0.353 e. The molecule has 3 aliphatic rings. The van der Waals surface area contributed by atoms with Crippen molar-refractivity contribution in [2.24, 2.45) is 23.2 Å². The molecule has 0 saturated heterocycles. The van der Waals surface area contributed by atoms with E-state index in [1.165, 1.54) is 44.9 Å². The first kappa shape index (κ1) is 21.5. The van der Waals surface area contributed by atoms with E-state index in [2.05, 4.69) is 15.6 Å². The maximum Gasteiger partial charge on any atom is 0.268 e. The molecule has 6 heteroatoms. The minimum atomic E-state index is -0.0443. The highest BCUT2D eigenvalue weighted by atomic mass is 16.2. The van der Waals surface area contributed by atoms with E-state index >= 15 is 0 Å². The summed E-state index contributed by atoms with van der Waals surface area (Å²) in [4.78, 5) is 30.0. The van der Waals surface area contributed by atoms with Crippen LogP contribution in [0.3, 0.4) is 0 Å². The number of hydrogen-bond acceptors (Lipinski definition) is 3. The average molecular weight is 437 g/mol. The summed E-state index contributed by atoms with van der Waals surface area (Å²) in [5, 5.41) is 6.27. The minimum absolute atomic E-state index is 0.0357. The van der Waals surface area contributed by atoms with Crippen LogP contribution in [0.2, 0.25) is 0 Å². The summed E-state index contributed by atoms with van der Waals surface area (Å²) in [6.45, 7) is 4.83. The van der Waals surface area contributed by atoms with Crippen LogP contribution >= 0.6 is 0 Å². The highest BCUT2D eigenvalue weighted by molar-refractivity contribution is 5.93. The van der Waals surface area contributed by atoms with Crippen molar-refractivity contribution in [3.63, 3.8) is 0 Å². The number of nitrogens with zero attached hydrogens (tertiary/aromatic N) is 2. The third-order valence-electron chi connectivity index (χ3n) is 8.36. The summed E-state index contributed by atoms with van der Waals surface area (Å²) in [7, 11) is 0. The number of imidazole rings is 1. The molecule has 0 aromatic carbocycles. The third kappa shape index (κ3) is 4.16. The van der Waals surface area contributed by atoms with Gasteiger partial charge in [0.15, 0.2) is 0 Å². The molecule has 2 heterocycles. The number of hydrogen-bond donors (Lipinski definition) is 2. The van der Waals surface area contributed by atoms with Crippen LogP contribution in [-0.2, 0) is 11.2 Å². The summed E-state index contributed by atoms with van der Waals surface area (Å²) in [5.41, 5.74) is 2.28. The molecule has 0 aliphatic heterocycles. The number of fused-ring (bicyclic) bond motifs is 3. The number of aromatic nitrogens is 2. The Morgan fingerprint density at radius 3 is 2.91 bits per heavy atom. The van der Waals surface area contributed by atoms with Gasteiger partial charge in [0.2, 0.25) is 5.91 Å². The molecule has 32 heavy (non-hydrogen) atoms. The quantitative estimate of drug-likeness (QED) is 0.685. The molecule has 3 saturated carbocycles. The average Bonchev–Trinajstić information content (AvgIpc) is 3.24. The van der Waals surface area contributed by atoms with Crippen LogP contribution in [0.4, 0.5) is 0 Å². The Labute approximate surface area is 190 Å². The van der Waals surface area contributed by atoms with Gasteiger partial charge in [0.25, 0.3) is 5.91 Å². The molecule has 2 aromatic rings. The smallest absolute Gasteiger partial charge is 0.268 e. The van der Waals surface area contributed by atoms with E-state index in [0.29, 0.717) is 22.5 Å². The highest BCUT2D eigenvalue weighted by Gasteiger charge is 2.51. The Balaban J connectivity index is 1.28. The van der Waals surface area contributed by atoms with Crippen LogP contribution in [0.1, 0.15) is 81.4 Å². The van der Waals surface area contributed by atoms with Crippen LogP contribution in [0, 0.1) is 23.2 Å². The molecule has 5 rings (SSSR count). The molecule has 2 amide bonds. The Morgan fingerprint density at radius 1 is 1.22 bits per heavy atom. The second-order valence-corrected chi connectivity index (χ2v) is 10.8. The van der Waals surface area contributed by atoms with Gasteiger partial charge in [-0.15, -0.1) is 0 Å². The first-order valence-electron chi connectivity index (χ1n) is 12.5. The Bertz CT molecular complexity index is 1010. The van der Waals surface area contributed by atoms with E-state index in [4.69, 9.17) is 0 Å². The van der Waals surface area contributed by atoms with Gasteiger partial charge < -0.3 is 10.6 Å². The zero-order valence-corrected chi connectivity index (χ0v) is 19.4. The molecule has 6 nitrogen and oxygen atoms in total. The predicted molar refractivity (Wildman–Crippen MR) is 124 cm³/mol. The number of rotatable bonds is 7. The van der Waals surface area contributed by atoms with Crippen LogP contribution < -0.4 is 10.6 Å². The van der Waals surface area contributed by atoms with Crippen molar-refractivity contribution in [2.45, 2.75) is 77.7 Å². The minimum Gasteiger partial charge on any atom is -0.353 e. The molecule has 5 atom stereocenters. The fraction of sp³-hybridized carbons (Fsp3) is 0.654. The molecule has 5 unspecified atom stereocenters. The van der Waals surface area contributed by atoms with Gasteiger partial charge in [0, 0.05) is 18.8 Å². The zero-order chi connectivity index (χ0) is 22.3. The number of nitrogens with one attached hydrogen (secondary N) is 2. The summed E-state index contributed by atoms with van der Waals surface area (Å²) in [6, 6.07) is 5.75. The van der Waals surface area contributed by atoms with Crippen LogP contribution in [0.25, 0.3) is 5.65 Å². The van der Waals surface area contributed by atoms with E-state index in [-0.39, 0.29) is 24.3 Å². The lowest BCUT2D eigenvalue weighted by Gasteiger charge is -2.38. The van der Waals surface area contributed by atoms with Crippen LogP contribution in [-0.4, -0.2) is 33.8 Å². The van der Waals surface area contributed by atoms with Crippen LogP contribution in [0.5, 0.6) is 0 Å². The summed E-state index contributed by atoms with van der Waals surface area (Å²) < 4.78 is 1.83. The Morgan fingerprint density at radius 2 is 2.06 bits per heavy atom. The number of carbonyl (C=O) groups excluding carboxylic acids is 2. The zero-order valence-electron chi connectivity index (χ0n) is 19.4. The third-order valence-corrected chi connectivity index (χ3v) is 8.36. The van der Waals surface area contributed by atoms with Gasteiger partial charge in [-0.05, 0) is 74.3 Å². The number of carbonyl (C=O) groups is 2. The Kier molecular flexibility index (Phi) is 5.72. The topological polar surface area (TPSA) is 75.5 Å². The van der Waals surface area contributed by atoms with E-state index in [1.807, 2.05) is 42.6 Å². The molecule has 2 N–H and O–H groups in total. The molecular weight excluding hydrogens is 400 g/mol. The molecule has 2 aromatic heterocycles. The van der Waals surface area contributed by atoms with Crippen molar-refractivity contribution in [1.82, 2.24) is 20.0 Å². The van der Waals surface area contributed by atoms with Crippen LogP contribution in [0.15, 0.2) is 24.4 Å². The normalized spacial score (nSPS) is 29.6. The molecule has 0 spiro atoms. The van der Waals surface area contributed by atoms with Crippen molar-refractivity contribution in [1.29, 1.82) is 0 Å². The highest BCUT2D eigenvalue weighted by Crippen LogP contribution is 2.59. The van der Waals surface area contributed by atoms with Gasteiger partial charge in [0.1, 0.15) is 11.3 Å². The molecule has 3 fully saturated rings. The van der Waals surface area contributed by atoms with Gasteiger partial charge in [-0.1, -0.05) is 32.3 Å². The summed E-state index contributed by atoms with van der Waals surface area (Å²) >= 11 is 0. The SMILES string of the molecule is CCC(C)NC(=O)Cc1cn2c(C(=O)NCC34CC5CCCC(C3)C(C5)C4)cccc2n1. The maximum absolute atomic E-state index is 13.2. The van der Waals surface area contributed by atoms with Crippen molar-refractivity contribution >= 4 is 17.5 Å². The lowest BCUT2D eigenvalue weighted by Crippen LogP contribution is -2.39. The molecule has 172 valence electrons. The monoisotopic (exact) mass is 436 g/mol. The molecule has 3 aliphatic carbocycles. The van der Waals surface area contributed by atoms with Gasteiger partial charge in [0.05, 0.1) is 12.1 Å². The van der Waals surface area contributed by atoms with E-state index < -0.39 is 0 Å².